The zero-order valence-electron chi connectivity index (χ0n) is 7.72. The Hall–Kier alpha value is 0.350. The Morgan fingerprint density at radius 2 is 1.86 bits per heavy atom. The van der Waals surface area contributed by atoms with Crippen LogP contribution in [0.25, 0.3) is 0 Å². The summed E-state index contributed by atoms with van der Waals surface area (Å²) >= 11 is 13.7. The highest BCUT2D eigenvalue weighted by atomic mass is 127. The van der Waals surface area contributed by atoms with Gasteiger partial charge in [-0.15, -0.1) is 0 Å². The molecule has 0 radical (unpaired) electrons. The average Bonchev–Trinajstić information content (AvgIpc) is 2.13. The molecule has 0 spiro atoms. The Labute approximate surface area is 106 Å². The summed E-state index contributed by atoms with van der Waals surface area (Å²) in [4.78, 5) is 8.18. The molecule has 0 aliphatic carbocycles. The highest BCUT2D eigenvalue weighted by Gasteiger charge is 2.13. The second-order valence-corrected chi connectivity index (χ2v) is 4.37. The van der Waals surface area contributed by atoms with Crippen molar-refractivity contribution in [3.05, 3.63) is 19.7 Å². The summed E-state index contributed by atoms with van der Waals surface area (Å²) < 4.78 is 6.00. The first-order valence-electron chi connectivity index (χ1n) is 4.06. The van der Waals surface area contributed by atoms with E-state index in [0.29, 0.717) is 26.3 Å². The second kappa shape index (κ2) is 5.44. The lowest BCUT2D eigenvalue weighted by molar-refractivity contribution is 0.0700. The maximum Gasteiger partial charge on any atom is 0.160 e. The molecule has 14 heavy (non-hydrogen) atoms. The maximum atomic E-state index is 5.86. The minimum absolute atomic E-state index is 0.188. The number of aromatic nitrogens is 2. The average molecular weight is 347 g/mol. The Bertz CT molecular complexity index is 312. The number of nitrogens with zero attached hydrogens (tertiary/aromatic N) is 2. The van der Waals surface area contributed by atoms with Crippen LogP contribution in [0.4, 0.5) is 0 Å². The molecule has 0 aromatic carbocycles. The first-order valence-corrected chi connectivity index (χ1v) is 5.89. The van der Waals surface area contributed by atoms with Gasteiger partial charge in [0.2, 0.25) is 0 Å². The van der Waals surface area contributed by atoms with Gasteiger partial charge in [0.05, 0.1) is 3.57 Å². The molecule has 3 nitrogen and oxygen atoms in total. The molecule has 0 saturated carbocycles. The largest absolute Gasteiger partial charge is 0.371 e. The minimum atomic E-state index is -0.188. The molecule has 6 heteroatoms. The Kier molecular flexibility index (Phi) is 4.82. The standard InChI is InChI=1S/C8H9Cl2IN2O/c1-3-14-4(2)8-12-6(9)5(11)7(10)13-8/h4H,3H2,1-2H3. The van der Waals surface area contributed by atoms with Crippen LogP contribution in [0.2, 0.25) is 10.3 Å². The summed E-state index contributed by atoms with van der Waals surface area (Å²) in [6.07, 6.45) is -0.188. The van der Waals surface area contributed by atoms with Crippen molar-refractivity contribution in [1.29, 1.82) is 0 Å². The number of ether oxygens (including phenoxy) is 1. The van der Waals surface area contributed by atoms with Crippen molar-refractivity contribution in [1.82, 2.24) is 9.97 Å². The fraction of sp³-hybridized carbons (Fsp3) is 0.500. The molecule has 1 aromatic heterocycles. The first kappa shape index (κ1) is 12.4. The number of rotatable bonds is 3. The zero-order valence-corrected chi connectivity index (χ0v) is 11.4. The maximum absolute atomic E-state index is 5.86. The van der Waals surface area contributed by atoms with Gasteiger partial charge in [-0.25, -0.2) is 9.97 Å². The van der Waals surface area contributed by atoms with Gasteiger partial charge < -0.3 is 4.74 Å². The fourth-order valence-corrected chi connectivity index (χ4v) is 1.56. The predicted molar refractivity (Wildman–Crippen MR) is 64.8 cm³/mol. The van der Waals surface area contributed by atoms with Crippen LogP contribution in [0, 0.1) is 3.57 Å². The van der Waals surface area contributed by atoms with Crippen LogP contribution in [-0.4, -0.2) is 16.6 Å². The molecule has 0 aliphatic rings. The monoisotopic (exact) mass is 346 g/mol. The number of hydrogen-bond acceptors (Lipinski definition) is 3. The summed E-state index contributed by atoms with van der Waals surface area (Å²) in [6.45, 7) is 4.37. The molecule has 78 valence electrons. The Balaban J connectivity index is 3.00. The van der Waals surface area contributed by atoms with E-state index in [1.165, 1.54) is 0 Å². The smallest absolute Gasteiger partial charge is 0.160 e. The van der Waals surface area contributed by atoms with E-state index in [1.54, 1.807) is 0 Å². The molecule has 1 unspecified atom stereocenters. The van der Waals surface area contributed by atoms with Crippen LogP contribution in [-0.2, 0) is 4.74 Å². The van der Waals surface area contributed by atoms with E-state index in [9.17, 15) is 0 Å². The molecule has 1 aromatic rings. The molecule has 1 heterocycles. The van der Waals surface area contributed by atoms with E-state index < -0.39 is 0 Å². The van der Waals surface area contributed by atoms with Crippen molar-refractivity contribution in [2.24, 2.45) is 0 Å². The summed E-state index contributed by atoms with van der Waals surface area (Å²) in [5.74, 6) is 0.516. The SMILES string of the molecule is CCOC(C)c1nc(Cl)c(I)c(Cl)n1. The number of hydrogen-bond donors (Lipinski definition) is 0. The van der Waals surface area contributed by atoms with E-state index in [2.05, 4.69) is 9.97 Å². The van der Waals surface area contributed by atoms with Crippen molar-refractivity contribution >= 4 is 45.8 Å². The van der Waals surface area contributed by atoms with Crippen molar-refractivity contribution in [2.75, 3.05) is 6.61 Å². The van der Waals surface area contributed by atoms with Crippen LogP contribution in [0.1, 0.15) is 25.8 Å². The molecule has 0 aliphatic heterocycles. The van der Waals surface area contributed by atoms with Gasteiger partial charge in [0, 0.05) is 6.61 Å². The summed E-state index contributed by atoms with van der Waals surface area (Å²) in [5, 5.41) is 0.735. The number of halogens is 3. The van der Waals surface area contributed by atoms with Gasteiger partial charge in [0.1, 0.15) is 16.4 Å². The van der Waals surface area contributed by atoms with Crippen molar-refractivity contribution in [2.45, 2.75) is 20.0 Å². The van der Waals surface area contributed by atoms with E-state index in [0.717, 1.165) is 0 Å². The molecule has 0 fully saturated rings. The quantitative estimate of drug-likeness (QED) is 0.620. The van der Waals surface area contributed by atoms with Crippen LogP contribution in [0.3, 0.4) is 0 Å². The zero-order chi connectivity index (χ0) is 10.7. The lowest BCUT2D eigenvalue weighted by Crippen LogP contribution is -2.06. The van der Waals surface area contributed by atoms with E-state index in [4.69, 9.17) is 27.9 Å². The highest BCUT2D eigenvalue weighted by Crippen LogP contribution is 2.25. The molecule has 0 N–H and O–H groups in total. The normalized spacial score (nSPS) is 12.9. The van der Waals surface area contributed by atoms with Crippen LogP contribution < -0.4 is 0 Å². The molecule has 1 rings (SSSR count). The topological polar surface area (TPSA) is 35.0 Å². The second-order valence-electron chi connectivity index (χ2n) is 2.57. The molecule has 1 atom stereocenters. The highest BCUT2D eigenvalue weighted by molar-refractivity contribution is 14.1. The van der Waals surface area contributed by atoms with Crippen LogP contribution in [0.15, 0.2) is 0 Å². The lowest BCUT2D eigenvalue weighted by atomic mass is 10.4. The Morgan fingerprint density at radius 3 is 2.29 bits per heavy atom. The van der Waals surface area contributed by atoms with Gasteiger partial charge in [-0.1, -0.05) is 23.2 Å². The molecule has 0 amide bonds. The van der Waals surface area contributed by atoms with Crippen molar-refractivity contribution in [3.8, 4) is 0 Å². The van der Waals surface area contributed by atoms with E-state index >= 15 is 0 Å². The van der Waals surface area contributed by atoms with Gasteiger partial charge >= 0.3 is 0 Å². The third kappa shape index (κ3) is 2.92. The molecular formula is C8H9Cl2IN2O. The minimum Gasteiger partial charge on any atom is -0.371 e. The molecule has 0 saturated heterocycles. The molecular weight excluding hydrogens is 338 g/mol. The van der Waals surface area contributed by atoms with Gasteiger partial charge in [-0.2, -0.15) is 0 Å². The van der Waals surface area contributed by atoms with Gasteiger partial charge in [-0.05, 0) is 36.4 Å². The summed E-state index contributed by atoms with van der Waals surface area (Å²) in [5.41, 5.74) is 0. The first-order chi connectivity index (χ1) is 6.56. The molecule has 0 bridgehead atoms. The van der Waals surface area contributed by atoms with Crippen molar-refractivity contribution < 1.29 is 4.74 Å². The fourth-order valence-electron chi connectivity index (χ4n) is 0.916. The summed E-state index contributed by atoms with van der Waals surface area (Å²) in [7, 11) is 0. The van der Waals surface area contributed by atoms with E-state index in [1.807, 2.05) is 36.4 Å². The third-order valence-electron chi connectivity index (χ3n) is 1.57. The van der Waals surface area contributed by atoms with Crippen LogP contribution >= 0.6 is 45.8 Å². The predicted octanol–water partition coefficient (Wildman–Crippen LogP) is 3.49. The van der Waals surface area contributed by atoms with E-state index in [-0.39, 0.29) is 6.10 Å². The van der Waals surface area contributed by atoms with Gasteiger partial charge in [0.15, 0.2) is 5.82 Å². The van der Waals surface area contributed by atoms with Crippen molar-refractivity contribution in [3.63, 3.8) is 0 Å². The third-order valence-corrected chi connectivity index (χ3v) is 3.77. The van der Waals surface area contributed by atoms with Crippen LogP contribution in [0.5, 0.6) is 0 Å². The summed E-state index contributed by atoms with van der Waals surface area (Å²) in [6, 6.07) is 0. The Morgan fingerprint density at radius 1 is 1.36 bits per heavy atom. The van der Waals surface area contributed by atoms with Gasteiger partial charge in [-0.3, -0.25) is 0 Å². The lowest BCUT2D eigenvalue weighted by Gasteiger charge is -2.10. The van der Waals surface area contributed by atoms with Gasteiger partial charge in [0.25, 0.3) is 0 Å².